The van der Waals surface area contributed by atoms with Crippen molar-refractivity contribution in [1.82, 2.24) is 9.88 Å². The van der Waals surface area contributed by atoms with Crippen molar-refractivity contribution in [1.29, 1.82) is 0 Å². The minimum Gasteiger partial charge on any atom is -0.503 e. The average Bonchev–Trinajstić information content (AvgIpc) is 2.92. The molecule has 1 saturated heterocycles. The molecule has 0 aliphatic carbocycles. The second kappa shape index (κ2) is 7.88. The summed E-state index contributed by atoms with van der Waals surface area (Å²) in [6, 6.07) is 2.93. The van der Waals surface area contributed by atoms with Gasteiger partial charge in [-0.1, -0.05) is 12.5 Å². The number of amides is 1. The molecule has 3 heterocycles. The van der Waals surface area contributed by atoms with E-state index in [1.807, 2.05) is 0 Å². The van der Waals surface area contributed by atoms with E-state index < -0.39 is 40.2 Å². The van der Waals surface area contributed by atoms with Gasteiger partial charge in [-0.3, -0.25) is 14.4 Å². The summed E-state index contributed by atoms with van der Waals surface area (Å²) in [4.78, 5) is 38.4. The van der Waals surface area contributed by atoms with Crippen LogP contribution in [0, 0.1) is 17.0 Å². The molecule has 2 aliphatic rings. The normalized spacial score (nSPS) is 22.9. The van der Waals surface area contributed by atoms with Gasteiger partial charge >= 0.3 is 0 Å². The summed E-state index contributed by atoms with van der Waals surface area (Å²) >= 11 is 0. The average molecular weight is 432 g/mol. The van der Waals surface area contributed by atoms with Gasteiger partial charge in [0.05, 0.1) is 18.1 Å². The van der Waals surface area contributed by atoms with E-state index in [1.54, 1.807) is 6.92 Å². The highest BCUT2D eigenvalue weighted by atomic mass is 19.1. The molecule has 1 unspecified atom stereocenters. The first kappa shape index (κ1) is 21.2. The molecule has 1 fully saturated rings. The molecule has 2 N–H and O–H groups in total. The zero-order valence-electron chi connectivity index (χ0n) is 16.9. The number of aromatic nitrogens is 1. The van der Waals surface area contributed by atoms with Crippen LogP contribution in [-0.2, 0) is 17.8 Å². The first-order valence-electron chi connectivity index (χ1n) is 10.1. The Hall–Kier alpha value is -3.07. The Morgan fingerprint density at radius 1 is 1.32 bits per heavy atom. The lowest BCUT2D eigenvalue weighted by Crippen LogP contribution is -2.49. The lowest BCUT2D eigenvalue weighted by Gasteiger charge is -2.40. The number of nitrogens with zero attached hydrogens (tertiary/aromatic N) is 1. The van der Waals surface area contributed by atoms with Crippen molar-refractivity contribution in [3.05, 3.63) is 63.1 Å². The molecule has 7 nitrogen and oxygen atoms in total. The van der Waals surface area contributed by atoms with Crippen molar-refractivity contribution < 1.29 is 28.2 Å². The highest BCUT2D eigenvalue weighted by molar-refractivity contribution is 6.03. The maximum atomic E-state index is 13.8. The number of fused-ring (bicyclic) bond motifs is 2. The predicted molar refractivity (Wildman–Crippen MR) is 106 cm³/mol. The third kappa shape index (κ3) is 3.63. The summed E-state index contributed by atoms with van der Waals surface area (Å²) < 4.78 is 34.1. The van der Waals surface area contributed by atoms with Gasteiger partial charge < -0.3 is 19.7 Å². The Morgan fingerprint density at radius 2 is 2.10 bits per heavy atom. The molecule has 1 aromatic heterocycles. The highest BCUT2D eigenvalue weighted by Gasteiger charge is 2.49. The van der Waals surface area contributed by atoms with Crippen LogP contribution >= 0.6 is 0 Å². The summed E-state index contributed by atoms with van der Waals surface area (Å²) in [5, 5.41) is 12.9. The van der Waals surface area contributed by atoms with Gasteiger partial charge in [0.25, 0.3) is 5.91 Å². The van der Waals surface area contributed by atoms with Gasteiger partial charge in [0.2, 0.25) is 5.43 Å². The highest BCUT2D eigenvalue weighted by Crippen LogP contribution is 2.42. The fourth-order valence-electron chi connectivity index (χ4n) is 4.26. The molecule has 2 atom stereocenters. The van der Waals surface area contributed by atoms with Crippen LogP contribution in [-0.4, -0.2) is 34.1 Å². The summed E-state index contributed by atoms with van der Waals surface area (Å²) in [5.41, 5.74) is -2.31. The molecule has 1 amide bonds. The number of nitrogens with one attached hydrogen (secondary N) is 1. The third-order valence-corrected chi connectivity index (χ3v) is 6.17. The number of halogens is 2. The fraction of sp³-hybridized carbons (Fsp3) is 0.409. The van der Waals surface area contributed by atoms with Gasteiger partial charge in [-0.25, -0.2) is 8.78 Å². The first-order chi connectivity index (χ1) is 14.7. The van der Waals surface area contributed by atoms with Crippen molar-refractivity contribution in [3.63, 3.8) is 0 Å². The third-order valence-electron chi connectivity index (χ3n) is 6.17. The number of benzene rings is 1. The topological polar surface area (TPSA) is 97.6 Å². The van der Waals surface area contributed by atoms with Gasteiger partial charge in [-0.05, 0) is 25.8 Å². The summed E-state index contributed by atoms with van der Waals surface area (Å²) in [6.45, 7) is 2.20. The second-order valence-electron chi connectivity index (χ2n) is 8.20. The minimum atomic E-state index is -0.978. The van der Waals surface area contributed by atoms with E-state index in [1.165, 1.54) is 16.8 Å². The Labute approximate surface area is 176 Å². The van der Waals surface area contributed by atoms with Crippen molar-refractivity contribution in [2.24, 2.45) is 5.41 Å². The van der Waals surface area contributed by atoms with Gasteiger partial charge in [0.1, 0.15) is 22.9 Å². The zero-order chi connectivity index (χ0) is 22.3. The van der Waals surface area contributed by atoms with Crippen molar-refractivity contribution in [2.45, 2.75) is 45.4 Å². The SMILES string of the molecule is C[C@]12CCCCOC1Cn1cc(C(=O)NCc3ccc(F)cc3F)c(=O)c(O)c1C2=O. The lowest BCUT2D eigenvalue weighted by molar-refractivity contribution is -0.0284. The van der Waals surface area contributed by atoms with Gasteiger partial charge in [0.15, 0.2) is 11.5 Å². The first-order valence-corrected chi connectivity index (χ1v) is 10.1. The van der Waals surface area contributed by atoms with Crippen LogP contribution in [0.3, 0.4) is 0 Å². The number of hydrogen-bond donors (Lipinski definition) is 2. The monoisotopic (exact) mass is 432 g/mol. The number of rotatable bonds is 3. The van der Waals surface area contributed by atoms with Crippen LogP contribution in [0.1, 0.15) is 52.6 Å². The molecule has 9 heteroatoms. The molecule has 0 radical (unpaired) electrons. The van der Waals surface area contributed by atoms with Crippen molar-refractivity contribution in [2.75, 3.05) is 6.61 Å². The molecular weight excluding hydrogens is 410 g/mol. The van der Waals surface area contributed by atoms with E-state index >= 15 is 0 Å². The quantitative estimate of drug-likeness (QED) is 0.777. The maximum absolute atomic E-state index is 13.8. The molecule has 31 heavy (non-hydrogen) atoms. The van der Waals surface area contributed by atoms with E-state index in [2.05, 4.69) is 5.32 Å². The Morgan fingerprint density at radius 3 is 2.84 bits per heavy atom. The van der Waals surface area contributed by atoms with Crippen LogP contribution in [0.4, 0.5) is 8.78 Å². The number of pyridine rings is 1. The van der Waals surface area contributed by atoms with Crippen LogP contribution in [0.15, 0.2) is 29.2 Å². The number of hydrogen-bond acceptors (Lipinski definition) is 5. The Kier molecular flexibility index (Phi) is 5.38. The van der Waals surface area contributed by atoms with E-state index in [4.69, 9.17) is 4.74 Å². The molecule has 1 aromatic carbocycles. The van der Waals surface area contributed by atoms with Crippen LogP contribution in [0.2, 0.25) is 0 Å². The molecule has 0 spiro atoms. The van der Waals surface area contributed by atoms with E-state index in [0.717, 1.165) is 18.9 Å². The minimum absolute atomic E-state index is 0.0369. The predicted octanol–water partition coefficient (Wildman–Crippen LogP) is 2.53. The molecule has 164 valence electrons. The molecule has 2 aromatic rings. The zero-order valence-corrected chi connectivity index (χ0v) is 16.9. The fourth-order valence-corrected chi connectivity index (χ4v) is 4.26. The van der Waals surface area contributed by atoms with Crippen LogP contribution in [0.25, 0.3) is 0 Å². The van der Waals surface area contributed by atoms with Crippen LogP contribution < -0.4 is 10.7 Å². The molecule has 2 aliphatic heterocycles. The number of carbonyl (C=O) groups is 2. The smallest absolute Gasteiger partial charge is 0.257 e. The summed E-state index contributed by atoms with van der Waals surface area (Å²) in [6.07, 6.45) is 2.97. The number of carbonyl (C=O) groups excluding carboxylic acids is 2. The number of Topliss-reactive ketones (excluding diaryl/α,β-unsaturated/α-hetero) is 1. The Bertz CT molecular complexity index is 1130. The Balaban J connectivity index is 1.65. The summed E-state index contributed by atoms with van der Waals surface area (Å²) in [5.74, 6) is -3.60. The van der Waals surface area contributed by atoms with E-state index in [9.17, 15) is 28.3 Å². The number of aromatic hydroxyl groups is 1. The standard InChI is InChI=1S/C22H22F2N2O5/c1-22-6-2-3-7-31-16(22)11-26-10-14(18(27)19(28)17(26)20(22)29)21(30)25-9-12-4-5-13(23)8-15(12)24/h4-5,8,10,16,28H,2-3,6-7,9,11H2,1H3,(H,25,30)/t16?,22-/m0/s1. The van der Waals surface area contributed by atoms with Crippen LogP contribution in [0.5, 0.6) is 5.75 Å². The largest absolute Gasteiger partial charge is 0.503 e. The van der Waals surface area contributed by atoms with E-state index in [-0.39, 0.29) is 35.7 Å². The van der Waals surface area contributed by atoms with Gasteiger partial charge in [-0.2, -0.15) is 0 Å². The number of ketones is 1. The van der Waals surface area contributed by atoms with Gasteiger partial charge in [-0.15, -0.1) is 0 Å². The number of ether oxygens (including phenoxy) is 1. The summed E-state index contributed by atoms with van der Waals surface area (Å²) in [7, 11) is 0. The van der Waals surface area contributed by atoms with Crippen molar-refractivity contribution in [3.8, 4) is 5.75 Å². The van der Waals surface area contributed by atoms with Crippen molar-refractivity contribution >= 4 is 11.7 Å². The maximum Gasteiger partial charge on any atom is 0.257 e. The lowest BCUT2D eigenvalue weighted by atomic mass is 9.72. The van der Waals surface area contributed by atoms with E-state index in [0.29, 0.717) is 19.1 Å². The second-order valence-corrected chi connectivity index (χ2v) is 8.20. The molecule has 4 rings (SSSR count). The molecular formula is C22H22F2N2O5. The molecule has 0 saturated carbocycles. The van der Waals surface area contributed by atoms with Gasteiger partial charge in [0, 0.05) is 31.0 Å². The molecule has 0 bridgehead atoms.